The molecule has 0 unspecified atom stereocenters. The van der Waals surface area contributed by atoms with Crippen LogP contribution in [0.25, 0.3) is 0 Å². The van der Waals surface area contributed by atoms with Crippen LogP contribution in [0.3, 0.4) is 0 Å². The van der Waals surface area contributed by atoms with E-state index >= 15 is 0 Å². The highest BCUT2D eigenvalue weighted by molar-refractivity contribution is 7.09. The van der Waals surface area contributed by atoms with Crippen molar-refractivity contribution in [3.05, 3.63) is 51.2 Å². The number of anilines is 1. The van der Waals surface area contributed by atoms with Crippen molar-refractivity contribution in [1.82, 2.24) is 15.1 Å². The van der Waals surface area contributed by atoms with Crippen LogP contribution < -0.4 is 10.6 Å². The monoisotopic (exact) mass is 474 g/mol. The largest absolute Gasteiger partial charge is 0.417 e. The molecule has 168 valence electrons. The van der Waals surface area contributed by atoms with Gasteiger partial charge >= 0.3 is 6.18 Å². The average molecular weight is 475 g/mol. The minimum atomic E-state index is -4.59. The molecule has 1 aromatic carbocycles. The summed E-state index contributed by atoms with van der Waals surface area (Å²) in [5.41, 5.74) is -0.944. The second kappa shape index (κ2) is 10.4. The number of hydrogen-bond acceptors (Lipinski definition) is 5. The highest BCUT2D eigenvalue weighted by atomic mass is 35.5. The van der Waals surface area contributed by atoms with Gasteiger partial charge in [-0.3, -0.25) is 19.4 Å². The summed E-state index contributed by atoms with van der Waals surface area (Å²) in [6.07, 6.45) is -4.59. The Morgan fingerprint density at radius 3 is 2.26 bits per heavy atom. The van der Waals surface area contributed by atoms with Crippen LogP contribution in [0.2, 0.25) is 5.02 Å². The van der Waals surface area contributed by atoms with E-state index in [1.807, 2.05) is 27.3 Å². The SMILES string of the molecule is O=C(CN1CCN(CC(=O)Nc2ccc(Cl)c(C(F)(F)F)c2)CC1)NCc1cccs1. The predicted octanol–water partition coefficient (Wildman–Crippen LogP) is 3.29. The van der Waals surface area contributed by atoms with Crippen molar-refractivity contribution in [2.45, 2.75) is 12.7 Å². The lowest BCUT2D eigenvalue weighted by atomic mass is 10.2. The number of rotatable bonds is 7. The van der Waals surface area contributed by atoms with Crippen molar-refractivity contribution in [2.75, 3.05) is 44.6 Å². The van der Waals surface area contributed by atoms with E-state index in [0.29, 0.717) is 32.7 Å². The summed E-state index contributed by atoms with van der Waals surface area (Å²) in [5.74, 6) is -0.458. The average Bonchev–Trinajstić information content (AvgIpc) is 3.22. The second-order valence-corrected chi connectivity index (χ2v) is 8.59. The van der Waals surface area contributed by atoms with Gasteiger partial charge in [0.1, 0.15) is 0 Å². The Morgan fingerprint density at radius 2 is 1.68 bits per heavy atom. The Morgan fingerprint density at radius 1 is 1.03 bits per heavy atom. The third-order valence-corrected chi connectivity index (χ3v) is 6.00. The lowest BCUT2D eigenvalue weighted by Gasteiger charge is -2.33. The van der Waals surface area contributed by atoms with Crippen LogP contribution in [0.15, 0.2) is 35.7 Å². The summed E-state index contributed by atoms with van der Waals surface area (Å²) in [5, 5.41) is 6.91. The maximum atomic E-state index is 12.9. The molecule has 0 saturated carbocycles. The number of halogens is 4. The number of nitrogens with one attached hydrogen (secondary N) is 2. The summed E-state index contributed by atoms with van der Waals surface area (Å²) in [7, 11) is 0. The van der Waals surface area contributed by atoms with Crippen molar-refractivity contribution in [1.29, 1.82) is 0 Å². The zero-order valence-electron chi connectivity index (χ0n) is 16.5. The van der Waals surface area contributed by atoms with Crippen LogP contribution in [-0.2, 0) is 22.3 Å². The fourth-order valence-electron chi connectivity index (χ4n) is 3.19. The number of carbonyl (C=O) groups excluding carboxylic acids is 2. The van der Waals surface area contributed by atoms with E-state index in [4.69, 9.17) is 11.6 Å². The molecule has 0 atom stereocenters. The van der Waals surface area contributed by atoms with Crippen molar-refractivity contribution >= 4 is 40.4 Å². The molecular weight excluding hydrogens is 453 g/mol. The van der Waals surface area contributed by atoms with E-state index in [2.05, 4.69) is 10.6 Å². The first-order chi connectivity index (χ1) is 14.7. The van der Waals surface area contributed by atoms with Crippen LogP contribution in [-0.4, -0.2) is 60.9 Å². The molecule has 31 heavy (non-hydrogen) atoms. The van der Waals surface area contributed by atoms with Crippen molar-refractivity contribution in [3.8, 4) is 0 Å². The van der Waals surface area contributed by atoms with Gasteiger partial charge in [-0.25, -0.2) is 0 Å². The fourth-order valence-corrected chi connectivity index (χ4v) is 4.06. The van der Waals surface area contributed by atoms with E-state index in [1.54, 1.807) is 11.3 Å². The minimum Gasteiger partial charge on any atom is -0.350 e. The summed E-state index contributed by atoms with van der Waals surface area (Å²) in [6.45, 7) is 3.27. The lowest BCUT2D eigenvalue weighted by molar-refractivity contribution is -0.137. The quantitative estimate of drug-likeness (QED) is 0.646. The van der Waals surface area contributed by atoms with Gasteiger partial charge in [0.15, 0.2) is 0 Å². The first kappa shape index (κ1) is 23.5. The normalized spacial score (nSPS) is 15.6. The smallest absolute Gasteiger partial charge is 0.350 e. The zero-order valence-corrected chi connectivity index (χ0v) is 18.1. The van der Waals surface area contributed by atoms with Crippen LogP contribution in [0.5, 0.6) is 0 Å². The first-order valence-electron chi connectivity index (χ1n) is 9.61. The van der Waals surface area contributed by atoms with Crippen LogP contribution >= 0.6 is 22.9 Å². The van der Waals surface area contributed by atoms with E-state index in [-0.39, 0.29) is 24.7 Å². The molecule has 0 bridgehead atoms. The molecule has 0 spiro atoms. The topological polar surface area (TPSA) is 64.7 Å². The third-order valence-electron chi connectivity index (χ3n) is 4.79. The van der Waals surface area contributed by atoms with Gasteiger partial charge in [-0.1, -0.05) is 17.7 Å². The highest BCUT2D eigenvalue weighted by Gasteiger charge is 2.33. The highest BCUT2D eigenvalue weighted by Crippen LogP contribution is 2.36. The molecule has 0 aliphatic carbocycles. The van der Waals surface area contributed by atoms with Crippen molar-refractivity contribution < 1.29 is 22.8 Å². The second-order valence-electron chi connectivity index (χ2n) is 7.15. The Balaban J connectivity index is 1.40. The molecule has 1 saturated heterocycles. The molecule has 2 amide bonds. The van der Waals surface area contributed by atoms with Crippen LogP contribution in [0.4, 0.5) is 18.9 Å². The Labute approximate surface area is 187 Å². The van der Waals surface area contributed by atoms with E-state index in [9.17, 15) is 22.8 Å². The molecule has 11 heteroatoms. The number of hydrogen-bond donors (Lipinski definition) is 2. The molecular formula is C20H22ClF3N4O2S. The van der Waals surface area contributed by atoms with Gasteiger partial charge in [0.25, 0.3) is 0 Å². The van der Waals surface area contributed by atoms with Gasteiger partial charge in [-0.05, 0) is 29.6 Å². The van der Waals surface area contributed by atoms with Gasteiger partial charge in [-0.15, -0.1) is 11.3 Å². The summed E-state index contributed by atoms with van der Waals surface area (Å²) >= 11 is 7.18. The van der Waals surface area contributed by atoms with Crippen LogP contribution in [0, 0.1) is 0 Å². The molecule has 2 N–H and O–H groups in total. The number of alkyl halides is 3. The fraction of sp³-hybridized carbons (Fsp3) is 0.400. The predicted molar refractivity (Wildman–Crippen MR) is 114 cm³/mol. The van der Waals surface area contributed by atoms with Crippen LogP contribution in [0.1, 0.15) is 10.4 Å². The summed E-state index contributed by atoms with van der Waals surface area (Å²) in [4.78, 5) is 29.3. The molecule has 1 aromatic heterocycles. The standard InChI is InChI=1S/C20H22ClF3N4O2S/c21-17-4-3-14(10-16(17)20(22,23)24)26-19(30)13-28-7-5-27(6-8-28)12-18(29)25-11-15-2-1-9-31-15/h1-4,9-10H,5-8,11-13H2,(H,25,29)(H,26,30). The summed E-state index contributed by atoms with van der Waals surface area (Å²) in [6, 6.07) is 7.17. The number of benzene rings is 1. The van der Waals surface area contributed by atoms with Gasteiger partial charge in [0, 0.05) is 36.7 Å². The summed E-state index contributed by atoms with van der Waals surface area (Å²) < 4.78 is 38.8. The van der Waals surface area contributed by atoms with Gasteiger partial charge < -0.3 is 10.6 Å². The lowest BCUT2D eigenvalue weighted by Crippen LogP contribution is -2.50. The number of thiophene rings is 1. The van der Waals surface area contributed by atoms with Gasteiger partial charge in [0.2, 0.25) is 11.8 Å². The number of carbonyl (C=O) groups is 2. The van der Waals surface area contributed by atoms with Gasteiger partial charge in [0.05, 0.1) is 30.2 Å². The maximum Gasteiger partial charge on any atom is 0.417 e. The van der Waals surface area contributed by atoms with Gasteiger partial charge in [-0.2, -0.15) is 13.2 Å². The van der Waals surface area contributed by atoms with Crippen molar-refractivity contribution in [2.24, 2.45) is 0 Å². The molecule has 6 nitrogen and oxygen atoms in total. The van der Waals surface area contributed by atoms with Crippen molar-refractivity contribution in [3.63, 3.8) is 0 Å². The Kier molecular flexibility index (Phi) is 7.93. The molecule has 3 rings (SSSR count). The molecule has 1 aliphatic heterocycles. The maximum absolute atomic E-state index is 12.9. The molecule has 0 radical (unpaired) electrons. The first-order valence-corrected chi connectivity index (χ1v) is 10.9. The van der Waals surface area contributed by atoms with E-state index < -0.39 is 22.7 Å². The number of amides is 2. The molecule has 1 aliphatic rings. The number of nitrogens with zero attached hydrogens (tertiary/aromatic N) is 2. The minimum absolute atomic E-state index is 0.0442. The number of piperazine rings is 1. The van der Waals surface area contributed by atoms with E-state index in [1.165, 1.54) is 6.07 Å². The Bertz CT molecular complexity index is 900. The third kappa shape index (κ3) is 7.20. The Hall–Kier alpha value is -2.14. The molecule has 2 heterocycles. The molecule has 1 fully saturated rings. The molecule has 2 aromatic rings. The zero-order chi connectivity index (χ0) is 22.4. The van der Waals surface area contributed by atoms with E-state index in [0.717, 1.165) is 17.0 Å².